The first-order valence-electron chi connectivity index (χ1n) is 11.1. The molecule has 3 aromatic rings. The highest BCUT2D eigenvalue weighted by Crippen LogP contribution is 2.34. The summed E-state index contributed by atoms with van der Waals surface area (Å²) in [5.41, 5.74) is 6.20. The summed E-state index contributed by atoms with van der Waals surface area (Å²) in [5.74, 6) is 0.576. The molecule has 0 bridgehead atoms. The van der Waals surface area contributed by atoms with Gasteiger partial charge in [0.2, 0.25) is 0 Å². The molecule has 1 unspecified atom stereocenters. The summed E-state index contributed by atoms with van der Waals surface area (Å²) in [5, 5.41) is 18.6. The van der Waals surface area contributed by atoms with Gasteiger partial charge in [-0.2, -0.15) is 5.10 Å². The van der Waals surface area contributed by atoms with Gasteiger partial charge >= 0.3 is 0 Å². The van der Waals surface area contributed by atoms with Crippen LogP contribution in [-0.4, -0.2) is 62.7 Å². The van der Waals surface area contributed by atoms with Crippen molar-refractivity contribution < 1.29 is 5.11 Å². The number of aliphatic hydroxyl groups excluding tert-OH is 1. The zero-order valence-electron chi connectivity index (χ0n) is 17.9. The maximum Gasteiger partial charge on any atom is 0.156 e. The third kappa shape index (κ3) is 3.36. The molecule has 2 aromatic heterocycles. The number of aromatic nitrogens is 3. The maximum atomic E-state index is 10.8. The van der Waals surface area contributed by atoms with E-state index in [1.54, 1.807) is 0 Å². The van der Waals surface area contributed by atoms with Crippen molar-refractivity contribution >= 4 is 22.7 Å². The lowest BCUT2D eigenvalue weighted by atomic mass is 10.1. The van der Waals surface area contributed by atoms with E-state index >= 15 is 0 Å². The molecule has 1 atom stereocenters. The van der Waals surface area contributed by atoms with Gasteiger partial charge in [-0.1, -0.05) is 0 Å². The predicted molar refractivity (Wildman–Crippen MR) is 120 cm³/mol. The van der Waals surface area contributed by atoms with Gasteiger partial charge in [-0.3, -0.25) is 9.88 Å². The van der Waals surface area contributed by atoms with E-state index in [1.165, 1.54) is 12.8 Å². The molecule has 31 heavy (non-hydrogen) atoms. The van der Waals surface area contributed by atoms with Gasteiger partial charge in [0, 0.05) is 43.5 Å². The van der Waals surface area contributed by atoms with E-state index in [9.17, 15) is 5.11 Å². The van der Waals surface area contributed by atoms with Crippen molar-refractivity contribution in [1.29, 1.82) is 0 Å². The Morgan fingerprint density at radius 2 is 1.87 bits per heavy atom. The smallest absolute Gasteiger partial charge is 0.156 e. The largest absolute Gasteiger partial charge is 0.369 e. The van der Waals surface area contributed by atoms with Crippen LogP contribution in [-0.2, 0) is 0 Å². The number of rotatable bonds is 3. The van der Waals surface area contributed by atoms with Crippen LogP contribution in [0.4, 0.5) is 11.4 Å². The van der Waals surface area contributed by atoms with Crippen molar-refractivity contribution in [2.45, 2.75) is 39.0 Å². The first kappa shape index (κ1) is 18.8. The van der Waals surface area contributed by atoms with E-state index in [2.05, 4.69) is 37.3 Å². The Morgan fingerprint density at radius 1 is 1.06 bits per heavy atom. The minimum absolute atomic E-state index is 0.576. The maximum absolute atomic E-state index is 10.8. The van der Waals surface area contributed by atoms with Crippen LogP contribution in [0.5, 0.6) is 0 Å². The molecular weight excluding hydrogens is 390 g/mol. The molecule has 2 aliphatic heterocycles. The number of aliphatic hydroxyl groups is 1. The number of hydrogen-bond acceptors (Lipinski definition) is 7. The van der Waals surface area contributed by atoms with Crippen LogP contribution in [0.2, 0.25) is 0 Å². The third-order valence-electron chi connectivity index (χ3n) is 6.56. The number of benzene rings is 1. The van der Waals surface area contributed by atoms with Crippen molar-refractivity contribution in [3.8, 4) is 0 Å². The zero-order chi connectivity index (χ0) is 21.1. The van der Waals surface area contributed by atoms with Crippen LogP contribution < -0.4 is 10.2 Å². The number of fused-ring (bicyclic) bond motifs is 2. The molecule has 8 heteroatoms. The van der Waals surface area contributed by atoms with Crippen molar-refractivity contribution in [1.82, 2.24) is 24.8 Å². The fraction of sp³-hybridized carbons (Fsp3) is 0.435. The number of hydrogen-bond donors (Lipinski definition) is 2. The summed E-state index contributed by atoms with van der Waals surface area (Å²) in [6.07, 6.45) is 3.80. The molecule has 0 spiro atoms. The predicted octanol–water partition coefficient (Wildman–Crippen LogP) is 2.30. The van der Waals surface area contributed by atoms with Crippen LogP contribution in [0, 0.1) is 13.8 Å². The molecule has 1 aromatic carbocycles. The van der Waals surface area contributed by atoms with Crippen LogP contribution in [0.25, 0.3) is 5.52 Å². The van der Waals surface area contributed by atoms with E-state index in [-0.39, 0.29) is 0 Å². The average Bonchev–Trinajstić information content (AvgIpc) is 3.52. The van der Waals surface area contributed by atoms with Gasteiger partial charge in [0.05, 0.1) is 28.8 Å². The number of piperazine rings is 1. The van der Waals surface area contributed by atoms with Crippen LogP contribution >= 0.6 is 0 Å². The van der Waals surface area contributed by atoms with Gasteiger partial charge in [-0.05, 0) is 51.0 Å². The molecule has 1 saturated heterocycles. The molecule has 160 valence electrons. The van der Waals surface area contributed by atoms with E-state index < -0.39 is 6.23 Å². The number of aryl methyl sites for hydroxylation is 2. The van der Waals surface area contributed by atoms with Gasteiger partial charge in [0.15, 0.2) is 12.1 Å². The second-order valence-corrected chi connectivity index (χ2v) is 8.83. The first-order valence-corrected chi connectivity index (χ1v) is 11.1. The molecule has 1 aliphatic carbocycles. The lowest BCUT2D eigenvalue weighted by Gasteiger charge is -2.36. The molecule has 2 N–H and O–H groups in total. The summed E-state index contributed by atoms with van der Waals surface area (Å²) in [6, 6.07) is 8.98. The minimum Gasteiger partial charge on any atom is -0.369 e. The molecule has 3 aliphatic rings. The van der Waals surface area contributed by atoms with Crippen molar-refractivity contribution in [2.24, 2.45) is 4.99 Å². The molecule has 8 nitrogen and oxygen atoms in total. The average molecular weight is 418 g/mol. The summed E-state index contributed by atoms with van der Waals surface area (Å²) in [4.78, 5) is 14.3. The van der Waals surface area contributed by atoms with Crippen molar-refractivity contribution in [3.63, 3.8) is 0 Å². The summed E-state index contributed by atoms with van der Waals surface area (Å²) in [6.45, 7) is 8.22. The molecule has 6 rings (SSSR count). The number of nitrogens with zero attached hydrogens (tertiary/aromatic N) is 6. The van der Waals surface area contributed by atoms with Crippen LogP contribution in [0.3, 0.4) is 0 Å². The first-order chi connectivity index (χ1) is 15.0. The molecule has 0 amide bonds. The monoisotopic (exact) mass is 417 g/mol. The fourth-order valence-electron chi connectivity index (χ4n) is 4.74. The van der Waals surface area contributed by atoms with Gasteiger partial charge in [0.25, 0.3) is 0 Å². The van der Waals surface area contributed by atoms with Crippen LogP contribution in [0.1, 0.15) is 41.7 Å². The van der Waals surface area contributed by atoms with Gasteiger partial charge in [0.1, 0.15) is 5.69 Å². The Bertz CT molecular complexity index is 1190. The van der Waals surface area contributed by atoms with Crippen molar-refractivity contribution in [3.05, 3.63) is 53.1 Å². The highest BCUT2D eigenvalue weighted by Gasteiger charge is 2.31. The Morgan fingerprint density at radius 3 is 2.65 bits per heavy atom. The SMILES string of the molecule is Cc1cn2nc(C3=Nc4ccc(N5CCN(C6CC6)CC5)cc4C(O)N3)cc2c(C)n1. The van der Waals surface area contributed by atoms with E-state index in [0.29, 0.717) is 11.5 Å². The lowest BCUT2D eigenvalue weighted by molar-refractivity contribution is 0.161. The van der Waals surface area contributed by atoms with E-state index in [1.807, 2.05) is 36.7 Å². The minimum atomic E-state index is -0.819. The van der Waals surface area contributed by atoms with Crippen molar-refractivity contribution in [2.75, 3.05) is 31.1 Å². The standard InChI is InChI=1S/C23H27N7O/c1-14-13-30-21(15(2)24-14)12-20(27-30)22-25-19-6-5-17(11-18(19)23(31)26-22)29-9-7-28(8-10-29)16-3-4-16/h5-6,11-13,16,23,31H,3-4,7-10H2,1-2H3,(H,25,26). The highest BCUT2D eigenvalue weighted by atomic mass is 16.3. The Kier molecular flexibility index (Phi) is 4.26. The van der Waals surface area contributed by atoms with Crippen LogP contribution in [0.15, 0.2) is 35.5 Å². The Balaban J connectivity index is 1.28. The normalized spacial score (nSPS) is 21.7. The molecule has 1 saturated carbocycles. The summed E-state index contributed by atoms with van der Waals surface area (Å²) < 4.78 is 1.82. The van der Waals surface area contributed by atoms with Gasteiger partial charge in [-0.25, -0.2) is 9.51 Å². The second kappa shape index (κ2) is 7.03. The Labute approximate surface area is 181 Å². The van der Waals surface area contributed by atoms with Gasteiger partial charge < -0.3 is 15.3 Å². The lowest BCUT2D eigenvalue weighted by Crippen LogP contribution is -2.47. The van der Waals surface area contributed by atoms with E-state index in [4.69, 9.17) is 4.99 Å². The molecule has 2 fully saturated rings. The van der Waals surface area contributed by atoms with Gasteiger partial charge in [-0.15, -0.1) is 0 Å². The topological polar surface area (TPSA) is 81.3 Å². The number of amidine groups is 1. The van der Waals surface area contributed by atoms with E-state index in [0.717, 1.165) is 66.1 Å². The number of aliphatic imine (C=N–C) groups is 1. The quantitative estimate of drug-likeness (QED) is 0.681. The summed E-state index contributed by atoms with van der Waals surface area (Å²) >= 11 is 0. The zero-order valence-corrected chi connectivity index (χ0v) is 17.9. The third-order valence-corrected chi connectivity index (χ3v) is 6.56. The Hall–Kier alpha value is -2.97. The number of anilines is 1. The number of nitrogens with one attached hydrogen (secondary N) is 1. The second-order valence-electron chi connectivity index (χ2n) is 8.83. The molecule has 4 heterocycles. The molecule has 0 radical (unpaired) electrons. The summed E-state index contributed by atoms with van der Waals surface area (Å²) in [7, 11) is 0. The highest BCUT2D eigenvalue weighted by molar-refractivity contribution is 6.01. The fourth-order valence-corrected chi connectivity index (χ4v) is 4.74. The molecular formula is C23H27N7O.